The molecule has 2 aromatic rings. The molecule has 3 rings (SSSR count). The average molecular weight is 283 g/mol. The summed E-state index contributed by atoms with van der Waals surface area (Å²) < 4.78 is 0. The molecule has 3 heterocycles. The number of pyridine rings is 2. The van der Waals surface area contributed by atoms with Crippen molar-refractivity contribution < 1.29 is 4.79 Å². The predicted octanol–water partition coefficient (Wildman–Crippen LogP) is 1.02. The summed E-state index contributed by atoms with van der Waals surface area (Å²) in [5.41, 5.74) is 7.32. The molecular formula is C15H17N5O. The Kier molecular flexibility index (Phi) is 3.68. The van der Waals surface area contributed by atoms with Crippen molar-refractivity contribution in [2.75, 3.05) is 36.8 Å². The molecule has 2 aromatic heterocycles. The zero-order valence-corrected chi connectivity index (χ0v) is 11.6. The van der Waals surface area contributed by atoms with Crippen LogP contribution in [0.15, 0.2) is 42.9 Å². The molecule has 0 saturated carbocycles. The molecule has 6 heteroatoms. The minimum atomic E-state index is 0.0625. The summed E-state index contributed by atoms with van der Waals surface area (Å²) in [6.45, 7) is 2.99. The molecule has 1 aliphatic rings. The second kappa shape index (κ2) is 5.78. The Morgan fingerprint density at radius 1 is 1.05 bits per heavy atom. The van der Waals surface area contributed by atoms with E-state index >= 15 is 0 Å². The van der Waals surface area contributed by atoms with Crippen LogP contribution in [-0.2, 0) is 0 Å². The van der Waals surface area contributed by atoms with Gasteiger partial charge >= 0.3 is 0 Å². The molecule has 108 valence electrons. The van der Waals surface area contributed by atoms with Crippen LogP contribution in [0.5, 0.6) is 0 Å². The number of hydrogen-bond acceptors (Lipinski definition) is 5. The number of carbonyl (C=O) groups is 1. The highest BCUT2D eigenvalue weighted by Gasteiger charge is 2.22. The summed E-state index contributed by atoms with van der Waals surface area (Å²) in [4.78, 5) is 24.5. The summed E-state index contributed by atoms with van der Waals surface area (Å²) in [6, 6.07) is 7.25. The van der Waals surface area contributed by atoms with Gasteiger partial charge in [-0.15, -0.1) is 0 Å². The molecule has 0 bridgehead atoms. The first kappa shape index (κ1) is 13.4. The Bertz CT molecular complexity index is 606. The molecule has 0 unspecified atom stereocenters. The summed E-state index contributed by atoms with van der Waals surface area (Å²) in [6.07, 6.45) is 5.06. The maximum absolute atomic E-state index is 12.3. The molecule has 1 aliphatic heterocycles. The number of nitrogens with zero attached hydrogens (tertiary/aromatic N) is 4. The highest BCUT2D eigenvalue weighted by atomic mass is 16.2. The van der Waals surface area contributed by atoms with Gasteiger partial charge in [0, 0.05) is 44.1 Å². The SMILES string of the molecule is Nc1ccc(N2CCN(C(=O)c3ccncc3)CC2)cn1. The van der Waals surface area contributed by atoms with Crippen LogP contribution < -0.4 is 10.6 Å². The fourth-order valence-electron chi connectivity index (χ4n) is 2.43. The molecule has 0 radical (unpaired) electrons. The topological polar surface area (TPSA) is 75.3 Å². The number of rotatable bonds is 2. The first-order valence-corrected chi connectivity index (χ1v) is 6.90. The van der Waals surface area contributed by atoms with Crippen LogP contribution in [0.3, 0.4) is 0 Å². The van der Waals surface area contributed by atoms with Gasteiger partial charge in [-0.3, -0.25) is 9.78 Å². The Hall–Kier alpha value is -2.63. The van der Waals surface area contributed by atoms with Crippen molar-refractivity contribution in [3.8, 4) is 0 Å². The molecular weight excluding hydrogens is 266 g/mol. The number of aromatic nitrogens is 2. The second-order valence-electron chi connectivity index (χ2n) is 4.96. The standard InChI is InChI=1S/C15H17N5O/c16-14-2-1-13(11-18-14)19-7-9-20(10-8-19)15(21)12-3-5-17-6-4-12/h1-6,11H,7-10H2,(H2,16,18). The molecule has 6 nitrogen and oxygen atoms in total. The zero-order chi connectivity index (χ0) is 14.7. The first-order valence-electron chi connectivity index (χ1n) is 6.90. The zero-order valence-electron chi connectivity index (χ0n) is 11.6. The lowest BCUT2D eigenvalue weighted by molar-refractivity contribution is 0.0746. The summed E-state index contributed by atoms with van der Waals surface area (Å²) in [7, 11) is 0. The van der Waals surface area contributed by atoms with Crippen LogP contribution in [0, 0.1) is 0 Å². The monoisotopic (exact) mass is 283 g/mol. The first-order chi connectivity index (χ1) is 10.2. The fraction of sp³-hybridized carbons (Fsp3) is 0.267. The van der Waals surface area contributed by atoms with E-state index in [-0.39, 0.29) is 5.91 Å². The Labute approximate surface area is 123 Å². The van der Waals surface area contributed by atoms with E-state index in [2.05, 4.69) is 14.9 Å². The minimum Gasteiger partial charge on any atom is -0.384 e. The highest BCUT2D eigenvalue weighted by Crippen LogP contribution is 2.17. The van der Waals surface area contributed by atoms with E-state index in [0.29, 0.717) is 24.5 Å². The number of nitrogens with two attached hydrogens (primary N) is 1. The number of carbonyl (C=O) groups excluding carboxylic acids is 1. The van der Waals surface area contributed by atoms with Gasteiger partial charge in [0.1, 0.15) is 5.82 Å². The van der Waals surface area contributed by atoms with Crippen LogP contribution in [0.25, 0.3) is 0 Å². The number of piperazine rings is 1. The number of hydrogen-bond donors (Lipinski definition) is 1. The van der Waals surface area contributed by atoms with Gasteiger partial charge in [0.2, 0.25) is 0 Å². The van der Waals surface area contributed by atoms with E-state index in [1.807, 2.05) is 11.0 Å². The van der Waals surface area contributed by atoms with Crippen molar-refractivity contribution in [1.82, 2.24) is 14.9 Å². The third-order valence-electron chi connectivity index (χ3n) is 3.63. The van der Waals surface area contributed by atoms with E-state index < -0.39 is 0 Å². The van der Waals surface area contributed by atoms with E-state index in [0.717, 1.165) is 18.8 Å². The van der Waals surface area contributed by atoms with Gasteiger partial charge in [-0.25, -0.2) is 4.98 Å². The molecule has 21 heavy (non-hydrogen) atoms. The van der Waals surface area contributed by atoms with Gasteiger partial charge in [-0.05, 0) is 24.3 Å². The number of anilines is 2. The Morgan fingerprint density at radius 3 is 2.38 bits per heavy atom. The molecule has 1 fully saturated rings. The van der Waals surface area contributed by atoms with Crippen molar-refractivity contribution in [2.45, 2.75) is 0 Å². The molecule has 1 amide bonds. The van der Waals surface area contributed by atoms with Crippen molar-refractivity contribution >= 4 is 17.4 Å². The van der Waals surface area contributed by atoms with Crippen molar-refractivity contribution in [2.24, 2.45) is 0 Å². The third-order valence-corrected chi connectivity index (χ3v) is 3.63. The average Bonchev–Trinajstić information content (AvgIpc) is 2.56. The number of nitrogen functional groups attached to an aromatic ring is 1. The predicted molar refractivity (Wildman–Crippen MR) is 81.0 cm³/mol. The molecule has 0 aliphatic carbocycles. The van der Waals surface area contributed by atoms with E-state index in [9.17, 15) is 4.79 Å². The summed E-state index contributed by atoms with van der Waals surface area (Å²) >= 11 is 0. The van der Waals surface area contributed by atoms with Crippen molar-refractivity contribution in [3.05, 3.63) is 48.4 Å². The van der Waals surface area contributed by atoms with E-state index in [1.165, 1.54) is 0 Å². The lowest BCUT2D eigenvalue weighted by Gasteiger charge is -2.36. The summed E-state index contributed by atoms with van der Waals surface area (Å²) in [5, 5.41) is 0. The molecule has 0 aromatic carbocycles. The van der Waals surface area contributed by atoms with Gasteiger partial charge in [-0.2, -0.15) is 0 Å². The summed E-state index contributed by atoms with van der Waals surface area (Å²) in [5.74, 6) is 0.581. The van der Waals surface area contributed by atoms with Crippen LogP contribution in [0.1, 0.15) is 10.4 Å². The normalized spacial score (nSPS) is 15.0. The van der Waals surface area contributed by atoms with Gasteiger partial charge < -0.3 is 15.5 Å². The van der Waals surface area contributed by atoms with Crippen LogP contribution in [-0.4, -0.2) is 47.0 Å². The van der Waals surface area contributed by atoms with Crippen molar-refractivity contribution in [3.63, 3.8) is 0 Å². The van der Waals surface area contributed by atoms with E-state index in [1.54, 1.807) is 36.8 Å². The maximum atomic E-state index is 12.3. The Morgan fingerprint density at radius 2 is 1.76 bits per heavy atom. The van der Waals surface area contributed by atoms with Gasteiger partial charge in [0.15, 0.2) is 0 Å². The molecule has 1 saturated heterocycles. The van der Waals surface area contributed by atoms with Crippen molar-refractivity contribution in [1.29, 1.82) is 0 Å². The van der Waals surface area contributed by atoms with E-state index in [4.69, 9.17) is 5.73 Å². The number of amides is 1. The minimum absolute atomic E-state index is 0.0625. The molecule has 0 atom stereocenters. The van der Waals surface area contributed by atoms with Gasteiger partial charge in [0.05, 0.1) is 11.9 Å². The lowest BCUT2D eigenvalue weighted by Crippen LogP contribution is -2.48. The van der Waals surface area contributed by atoms with Gasteiger partial charge in [-0.1, -0.05) is 0 Å². The highest BCUT2D eigenvalue weighted by molar-refractivity contribution is 5.94. The van der Waals surface area contributed by atoms with Crippen LogP contribution in [0.2, 0.25) is 0 Å². The molecule has 2 N–H and O–H groups in total. The smallest absolute Gasteiger partial charge is 0.254 e. The maximum Gasteiger partial charge on any atom is 0.254 e. The molecule has 0 spiro atoms. The fourth-order valence-corrected chi connectivity index (χ4v) is 2.43. The third kappa shape index (κ3) is 2.94. The quantitative estimate of drug-likeness (QED) is 0.890. The lowest BCUT2D eigenvalue weighted by atomic mass is 10.2. The van der Waals surface area contributed by atoms with Crippen LogP contribution >= 0.6 is 0 Å². The largest absolute Gasteiger partial charge is 0.384 e. The second-order valence-corrected chi connectivity index (χ2v) is 4.96. The van der Waals surface area contributed by atoms with Gasteiger partial charge in [0.25, 0.3) is 5.91 Å². The Balaban J connectivity index is 1.63. The van der Waals surface area contributed by atoms with Crippen LogP contribution in [0.4, 0.5) is 11.5 Å².